The van der Waals surface area contributed by atoms with Gasteiger partial charge in [0.15, 0.2) is 5.78 Å². The Morgan fingerprint density at radius 1 is 1.23 bits per heavy atom. The summed E-state index contributed by atoms with van der Waals surface area (Å²) in [4.78, 5) is 32.4. The Bertz CT molecular complexity index is 898. The van der Waals surface area contributed by atoms with Crippen LogP contribution in [0.2, 0.25) is 0 Å². The molecule has 4 bridgehead atoms. The number of fused-ring (bicyclic) bond motifs is 5. The maximum Gasteiger partial charge on any atom is 0.183 e. The molecule has 1 aliphatic rings. The molecule has 1 aromatic carbocycles. The van der Waals surface area contributed by atoms with Crippen molar-refractivity contribution < 1.29 is 9.59 Å². The van der Waals surface area contributed by atoms with Crippen LogP contribution in [0, 0.1) is 0 Å². The van der Waals surface area contributed by atoms with E-state index < -0.39 is 0 Å². The molecule has 2 heterocycles. The van der Waals surface area contributed by atoms with Crippen LogP contribution in [-0.4, -0.2) is 21.5 Å². The third-order valence-corrected chi connectivity index (χ3v) is 5.73. The predicted molar refractivity (Wildman–Crippen MR) is 121 cm³/mol. The van der Waals surface area contributed by atoms with Gasteiger partial charge in [-0.2, -0.15) is 0 Å². The smallest absolute Gasteiger partial charge is 0.183 e. The van der Waals surface area contributed by atoms with Crippen LogP contribution in [-0.2, 0) is 4.79 Å². The van der Waals surface area contributed by atoms with E-state index in [-0.39, 0.29) is 11.8 Å². The Morgan fingerprint density at radius 3 is 2.93 bits per heavy atom. The number of allylic oxidation sites excluding steroid dienone is 1. The molecule has 0 radical (unpaired) electrons. The van der Waals surface area contributed by atoms with Crippen molar-refractivity contribution in [2.24, 2.45) is 5.73 Å². The largest absolute Gasteiger partial charge is 0.340 e. The number of imidazole rings is 1. The number of H-pyrrole nitrogens is 1. The molecule has 160 valence electrons. The van der Waals surface area contributed by atoms with Crippen molar-refractivity contribution in [3.8, 4) is 11.4 Å². The minimum atomic E-state index is -0.261. The molecule has 1 aliphatic heterocycles. The average Bonchev–Trinajstić information content (AvgIpc) is 3.21. The normalized spacial score (nSPS) is 16.3. The number of ketones is 2. The first-order chi connectivity index (χ1) is 14.6. The van der Waals surface area contributed by atoms with E-state index in [4.69, 9.17) is 5.73 Å². The summed E-state index contributed by atoms with van der Waals surface area (Å²) in [7, 11) is 0. The Hall–Kier alpha value is -2.53. The maximum absolute atomic E-state index is 12.9. The molecule has 1 atom stereocenters. The van der Waals surface area contributed by atoms with Crippen LogP contribution in [0.3, 0.4) is 0 Å². The number of nitrogens with one attached hydrogen (secondary N) is 1. The fourth-order valence-electron chi connectivity index (χ4n) is 3.86. The Balaban J connectivity index is 1.77. The van der Waals surface area contributed by atoms with Gasteiger partial charge in [0.2, 0.25) is 0 Å². The van der Waals surface area contributed by atoms with Crippen LogP contribution in [0.4, 0.5) is 0 Å². The molecule has 0 saturated heterocycles. The van der Waals surface area contributed by atoms with Crippen molar-refractivity contribution in [1.29, 1.82) is 0 Å². The summed E-state index contributed by atoms with van der Waals surface area (Å²) in [6.07, 6.45) is 12.4. The number of hydrogen-bond acceptors (Lipinski definition) is 4. The van der Waals surface area contributed by atoms with Crippen molar-refractivity contribution in [3.05, 3.63) is 47.3 Å². The van der Waals surface area contributed by atoms with Crippen molar-refractivity contribution in [2.45, 2.75) is 77.2 Å². The molecule has 0 spiro atoms. The molecule has 0 fully saturated rings. The van der Waals surface area contributed by atoms with Gasteiger partial charge in [-0.1, -0.05) is 50.1 Å². The number of nitrogens with zero attached hydrogens (tertiary/aromatic N) is 1. The lowest BCUT2D eigenvalue weighted by Crippen LogP contribution is -2.15. The van der Waals surface area contributed by atoms with Crippen LogP contribution < -0.4 is 5.73 Å². The summed E-state index contributed by atoms with van der Waals surface area (Å²) in [6, 6.07) is 7.91. The monoisotopic (exact) mass is 407 g/mol. The molecule has 0 aliphatic carbocycles. The quantitative estimate of drug-likeness (QED) is 0.543. The molecule has 1 aromatic heterocycles. The highest BCUT2D eigenvalue weighted by molar-refractivity contribution is 5.96. The number of nitrogens with two attached hydrogens (primary N) is 1. The number of carbonyl (C=O) groups excluding carboxylic acids is 2. The third-order valence-electron chi connectivity index (χ3n) is 5.73. The second-order valence-corrected chi connectivity index (χ2v) is 8.14. The van der Waals surface area contributed by atoms with E-state index in [1.807, 2.05) is 19.1 Å². The van der Waals surface area contributed by atoms with Crippen LogP contribution in [0.1, 0.15) is 98.9 Å². The van der Waals surface area contributed by atoms with E-state index in [1.165, 1.54) is 0 Å². The highest BCUT2D eigenvalue weighted by Gasteiger charge is 2.22. The van der Waals surface area contributed by atoms with Crippen molar-refractivity contribution in [3.63, 3.8) is 0 Å². The van der Waals surface area contributed by atoms with Crippen LogP contribution in [0.15, 0.2) is 30.3 Å². The van der Waals surface area contributed by atoms with Gasteiger partial charge in [-0.3, -0.25) is 9.59 Å². The van der Waals surface area contributed by atoms with Crippen LogP contribution >= 0.6 is 0 Å². The number of rotatable bonds is 8. The van der Waals surface area contributed by atoms with Gasteiger partial charge >= 0.3 is 0 Å². The maximum atomic E-state index is 12.9. The Morgan fingerprint density at radius 2 is 2.10 bits per heavy atom. The first-order valence-corrected chi connectivity index (χ1v) is 11.3. The van der Waals surface area contributed by atoms with Gasteiger partial charge in [-0.15, -0.1) is 0 Å². The molecule has 3 rings (SSSR count). The van der Waals surface area contributed by atoms with Crippen LogP contribution in [0.25, 0.3) is 17.5 Å². The number of aromatic amines is 1. The predicted octanol–water partition coefficient (Wildman–Crippen LogP) is 5.78. The molecular formula is C25H33N3O2. The summed E-state index contributed by atoms with van der Waals surface area (Å²) in [5.74, 6) is 1.08. The van der Waals surface area contributed by atoms with Crippen molar-refractivity contribution in [1.82, 2.24) is 9.97 Å². The number of benzene rings is 1. The number of carbonyl (C=O) groups is 2. The van der Waals surface area contributed by atoms with E-state index in [0.717, 1.165) is 61.8 Å². The average molecular weight is 408 g/mol. The summed E-state index contributed by atoms with van der Waals surface area (Å²) in [6.45, 7) is 1.90. The number of hydrogen-bond donors (Lipinski definition) is 2. The fourth-order valence-corrected chi connectivity index (χ4v) is 3.86. The van der Waals surface area contributed by atoms with E-state index in [1.54, 1.807) is 0 Å². The second kappa shape index (κ2) is 11.0. The van der Waals surface area contributed by atoms with E-state index in [2.05, 4.69) is 34.3 Å². The first-order valence-electron chi connectivity index (χ1n) is 11.3. The van der Waals surface area contributed by atoms with Crippen LogP contribution in [0.5, 0.6) is 0 Å². The lowest BCUT2D eigenvalue weighted by Gasteiger charge is -2.11. The van der Waals surface area contributed by atoms with E-state index >= 15 is 0 Å². The van der Waals surface area contributed by atoms with E-state index in [0.29, 0.717) is 36.6 Å². The molecular weight excluding hydrogens is 374 g/mol. The standard InChI is InChI=1S/C25H33N3O2/c1-2-20(29)14-7-5-8-15-21(26)23-24-22(30)16-9-4-3-6-11-18-12-10-13-19(17-18)25(27-23)28-24/h6,10-13,17,21H,2-5,7-9,14-16,26H2,1H3,(H,27,28)/b11-6+/t21-/m0/s1. The molecule has 0 unspecified atom stereocenters. The van der Waals surface area contributed by atoms with Gasteiger partial charge in [-0.05, 0) is 43.7 Å². The third kappa shape index (κ3) is 5.99. The van der Waals surface area contributed by atoms with Gasteiger partial charge in [-0.25, -0.2) is 4.98 Å². The van der Waals surface area contributed by atoms with Crippen molar-refractivity contribution in [2.75, 3.05) is 0 Å². The fraction of sp³-hybridized carbons (Fsp3) is 0.480. The number of aromatic nitrogens is 2. The summed E-state index contributed by atoms with van der Waals surface area (Å²) >= 11 is 0. The SMILES string of the molecule is CCC(=O)CCCCC[C@H](N)c1[nH]c2nc1C(=O)CCCC/C=C/c1cccc-2c1. The molecule has 5 nitrogen and oxygen atoms in total. The summed E-state index contributed by atoms with van der Waals surface area (Å²) < 4.78 is 0. The van der Waals surface area contributed by atoms with E-state index in [9.17, 15) is 9.59 Å². The Labute approximate surface area is 179 Å². The summed E-state index contributed by atoms with van der Waals surface area (Å²) in [5, 5.41) is 0. The Kier molecular flexibility index (Phi) is 8.14. The lowest BCUT2D eigenvalue weighted by atomic mass is 10.0. The second-order valence-electron chi connectivity index (χ2n) is 8.14. The summed E-state index contributed by atoms with van der Waals surface area (Å²) in [5.41, 5.74) is 9.82. The van der Waals surface area contributed by atoms with Gasteiger partial charge in [0.25, 0.3) is 0 Å². The van der Waals surface area contributed by atoms with Crippen molar-refractivity contribution >= 4 is 17.6 Å². The molecule has 0 saturated carbocycles. The first kappa shape index (κ1) is 22.2. The topological polar surface area (TPSA) is 88.8 Å². The molecule has 30 heavy (non-hydrogen) atoms. The molecule has 0 amide bonds. The molecule has 5 heteroatoms. The zero-order chi connectivity index (χ0) is 21.3. The lowest BCUT2D eigenvalue weighted by molar-refractivity contribution is -0.118. The minimum absolute atomic E-state index is 0.0656. The number of unbranched alkanes of at least 4 members (excludes halogenated alkanes) is 2. The molecule has 2 aromatic rings. The zero-order valence-corrected chi connectivity index (χ0v) is 18.0. The highest BCUT2D eigenvalue weighted by atomic mass is 16.1. The van der Waals surface area contributed by atoms with Gasteiger partial charge in [0.1, 0.15) is 17.3 Å². The minimum Gasteiger partial charge on any atom is -0.340 e. The van der Waals surface area contributed by atoms with Gasteiger partial charge in [0.05, 0.1) is 5.69 Å². The highest BCUT2D eigenvalue weighted by Crippen LogP contribution is 2.27. The van der Waals surface area contributed by atoms with Gasteiger partial charge in [0, 0.05) is 30.9 Å². The van der Waals surface area contributed by atoms with Gasteiger partial charge < -0.3 is 10.7 Å². The zero-order valence-electron chi connectivity index (χ0n) is 18.0. The molecule has 3 N–H and O–H groups in total. The number of Topliss-reactive ketones (excluding diaryl/α,β-unsaturated/α-hetero) is 2.